The van der Waals surface area contributed by atoms with Gasteiger partial charge in [-0.15, -0.1) is 0 Å². The van der Waals surface area contributed by atoms with Crippen molar-refractivity contribution >= 4 is 5.82 Å². The molecule has 0 spiro atoms. The van der Waals surface area contributed by atoms with Crippen LogP contribution < -0.4 is 4.90 Å². The summed E-state index contributed by atoms with van der Waals surface area (Å²) in [4.78, 5) is 13.3. The molecule has 6 nitrogen and oxygen atoms in total. The lowest BCUT2D eigenvalue weighted by Gasteiger charge is -2.32. The second-order valence-corrected chi connectivity index (χ2v) is 5.06. The fourth-order valence-electron chi connectivity index (χ4n) is 2.81. The van der Waals surface area contributed by atoms with Crippen LogP contribution in [-0.4, -0.2) is 65.4 Å². The number of hydrogen-bond donors (Lipinski definition) is 1. The van der Waals surface area contributed by atoms with Crippen LogP contribution in [0.3, 0.4) is 0 Å². The van der Waals surface area contributed by atoms with E-state index in [2.05, 4.69) is 19.8 Å². The van der Waals surface area contributed by atoms with E-state index in [0.717, 1.165) is 51.6 Å². The van der Waals surface area contributed by atoms with E-state index in [-0.39, 0.29) is 6.61 Å². The standard InChI is InChI=1S/C13H20N4O2/c18-10-11-7-14-8-13(15-11)17-2-1-12(9-17)16-3-5-19-6-4-16/h7-8,12,18H,1-6,9-10H2. The van der Waals surface area contributed by atoms with Crippen molar-refractivity contribution in [3.63, 3.8) is 0 Å². The minimum Gasteiger partial charge on any atom is -0.390 e. The average Bonchev–Trinajstić information content (AvgIpc) is 2.98. The van der Waals surface area contributed by atoms with Crippen LogP contribution in [-0.2, 0) is 11.3 Å². The highest BCUT2D eigenvalue weighted by Crippen LogP contribution is 2.21. The third kappa shape index (κ3) is 2.86. The van der Waals surface area contributed by atoms with Crippen LogP contribution in [0.2, 0.25) is 0 Å². The van der Waals surface area contributed by atoms with Gasteiger partial charge in [-0.1, -0.05) is 0 Å². The van der Waals surface area contributed by atoms with Crippen LogP contribution in [0.25, 0.3) is 0 Å². The topological polar surface area (TPSA) is 61.7 Å². The Bertz CT molecular complexity index is 423. The van der Waals surface area contributed by atoms with Crippen molar-refractivity contribution in [1.29, 1.82) is 0 Å². The first-order valence-electron chi connectivity index (χ1n) is 6.85. The smallest absolute Gasteiger partial charge is 0.147 e. The molecule has 0 amide bonds. The molecular formula is C13H20N4O2. The van der Waals surface area contributed by atoms with Crippen molar-refractivity contribution in [2.75, 3.05) is 44.3 Å². The molecular weight excluding hydrogens is 244 g/mol. The first-order valence-corrected chi connectivity index (χ1v) is 6.85. The van der Waals surface area contributed by atoms with Gasteiger partial charge in [0, 0.05) is 32.2 Å². The molecule has 2 aliphatic rings. The van der Waals surface area contributed by atoms with Crippen molar-refractivity contribution in [1.82, 2.24) is 14.9 Å². The number of ether oxygens (including phenoxy) is 1. The highest BCUT2D eigenvalue weighted by Gasteiger charge is 2.29. The maximum Gasteiger partial charge on any atom is 0.147 e. The van der Waals surface area contributed by atoms with Gasteiger partial charge in [0.25, 0.3) is 0 Å². The maximum atomic E-state index is 9.12. The number of aromatic nitrogens is 2. The Morgan fingerprint density at radius 3 is 2.89 bits per heavy atom. The Kier molecular flexibility index (Phi) is 3.91. The van der Waals surface area contributed by atoms with Crippen LogP contribution in [0.15, 0.2) is 12.4 Å². The van der Waals surface area contributed by atoms with E-state index in [1.54, 1.807) is 12.4 Å². The van der Waals surface area contributed by atoms with E-state index in [0.29, 0.717) is 11.7 Å². The normalized spacial score (nSPS) is 24.9. The van der Waals surface area contributed by atoms with Gasteiger partial charge in [-0.05, 0) is 6.42 Å². The summed E-state index contributed by atoms with van der Waals surface area (Å²) in [6.45, 7) is 5.69. The van der Waals surface area contributed by atoms with Crippen molar-refractivity contribution in [3.8, 4) is 0 Å². The molecule has 0 aromatic carbocycles. The lowest BCUT2D eigenvalue weighted by Crippen LogP contribution is -2.44. The van der Waals surface area contributed by atoms with E-state index in [1.165, 1.54) is 0 Å². The second kappa shape index (κ2) is 5.81. The molecule has 1 aromatic heterocycles. The van der Waals surface area contributed by atoms with Crippen molar-refractivity contribution < 1.29 is 9.84 Å². The molecule has 1 N–H and O–H groups in total. The Morgan fingerprint density at radius 2 is 2.11 bits per heavy atom. The van der Waals surface area contributed by atoms with Gasteiger partial charge in [0.2, 0.25) is 0 Å². The van der Waals surface area contributed by atoms with Crippen LogP contribution in [0.1, 0.15) is 12.1 Å². The summed E-state index contributed by atoms with van der Waals surface area (Å²) in [5.74, 6) is 0.877. The van der Waals surface area contributed by atoms with E-state index < -0.39 is 0 Å². The van der Waals surface area contributed by atoms with Gasteiger partial charge in [0.05, 0.1) is 37.9 Å². The molecule has 0 aliphatic carbocycles. The number of nitrogens with zero attached hydrogens (tertiary/aromatic N) is 4. The van der Waals surface area contributed by atoms with Gasteiger partial charge in [0.1, 0.15) is 5.82 Å². The minimum absolute atomic E-state index is 0.0540. The number of aliphatic hydroxyl groups excluding tert-OH is 1. The molecule has 0 saturated carbocycles. The molecule has 3 rings (SSSR count). The first-order chi connectivity index (χ1) is 9.36. The summed E-state index contributed by atoms with van der Waals surface area (Å²) < 4.78 is 5.40. The molecule has 2 aliphatic heterocycles. The van der Waals surface area contributed by atoms with Crippen LogP contribution in [0.5, 0.6) is 0 Å². The molecule has 0 radical (unpaired) electrons. The zero-order valence-corrected chi connectivity index (χ0v) is 11.0. The van der Waals surface area contributed by atoms with Gasteiger partial charge >= 0.3 is 0 Å². The largest absolute Gasteiger partial charge is 0.390 e. The van der Waals surface area contributed by atoms with Crippen LogP contribution in [0, 0.1) is 0 Å². The molecule has 2 fully saturated rings. The van der Waals surface area contributed by atoms with Crippen LogP contribution >= 0.6 is 0 Å². The van der Waals surface area contributed by atoms with E-state index >= 15 is 0 Å². The molecule has 1 atom stereocenters. The Balaban J connectivity index is 1.64. The lowest BCUT2D eigenvalue weighted by atomic mass is 10.2. The number of morpholine rings is 1. The zero-order chi connectivity index (χ0) is 13.1. The summed E-state index contributed by atoms with van der Waals surface area (Å²) in [6.07, 6.45) is 4.55. The molecule has 0 bridgehead atoms. The minimum atomic E-state index is -0.0540. The van der Waals surface area contributed by atoms with Gasteiger partial charge in [-0.2, -0.15) is 0 Å². The van der Waals surface area contributed by atoms with Gasteiger partial charge < -0.3 is 14.7 Å². The van der Waals surface area contributed by atoms with E-state index in [9.17, 15) is 0 Å². The predicted molar refractivity (Wildman–Crippen MR) is 71.0 cm³/mol. The zero-order valence-electron chi connectivity index (χ0n) is 11.0. The van der Waals surface area contributed by atoms with E-state index in [4.69, 9.17) is 9.84 Å². The van der Waals surface area contributed by atoms with Crippen molar-refractivity contribution in [3.05, 3.63) is 18.1 Å². The SMILES string of the molecule is OCc1cncc(N2CCC(N3CCOCC3)C2)n1. The number of aliphatic hydroxyl groups is 1. The summed E-state index contributed by atoms with van der Waals surface area (Å²) in [6, 6.07) is 0.587. The highest BCUT2D eigenvalue weighted by molar-refractivity contribution is 5.38. The van der Waals surface area contributed by atoms with Crippen LogP contribution in [0.4, 0.5) is 5.82 Å². The summed E-state index contributed by atoms with van der Waals surface area (Å²) in [5.41, 5.74) is 0.632. The number of hydrogen-bond acceptors (Lipinski definition) is 6. The van der Waals surface area contributed by atoms with Gasteiger partial charge in [-0.3, -0.25) is 9.88 Å². The fourth-order valence-corrected chi connectivity index (χ4v) is 2.81. The third-order valence-corrected chi connectivity index (χ3v) is 3.88. The van der Waals surface area contributed by atoms with Gasteiger partial charge in [0.15, 0.2) is 0 Å². The fraction of sp³-hybridized carbons (Fsp3) is 0.692. The monoisotopic (exact) mass is 264 g/mol. The number of anilines is 1. The molecule has 6 heteroatoms. The predicted octanol–water partition coefficient (Wildman–Crippen LogP) is -0.120. The summed E-state index contributed by atoms with van der Waals surface area (Å²) >= 11 is 0. The third-order valence-electron chi connectivity index (χ3n) is 3.88. The molecule has 1 aromatic rings. The summed E-state index contributed by atoms with van der Waals surface area (Å²) in [5, 5.41) is 9.12. The Labute approximate surface area is 113 Å². The quantitative estimate of drug-likeness (QED) is 0.821. The molecule has 3 heterocycles. The van der Waals surface area contributed by atoms with Crippen molar-refractivity contribution in [2.45, 2.75) is 19.1 Å². The lowest BCUT2D eigenvalue weighted by molar-refractivity contribution is 0.0209. The molecule has 1 unspecified atom stereocenters. The molecule has 104 valence electrons. The second-order valence-electron chi connectivity index (χ2n) is 5.06. The number of rotatable bonds is 3. The Morgan fingerprint density at radius 1 is 1.26 bits per heavy atom. The summed E-state index contributed by atoms with van der Waals surface area (Å²) in [7, 11) is 0. The molecule has 2 saturated heterocycles. The van der Waals surface area contributed by atoms with E-state index in [1.807, 2.05) is 0 Å². The van der Waals surface area contributed by atoms with Crippen molar-refractivity contribution in [2.24, 2.45) is 0 Å². The van der Waals surface area contributed by atoms with Gasteiger partial charge in [-0.25, -0.2) is 4.98 Å². The average molecular weight is 264 g/mol. The first kappa shape index (κ1) is 12.8. The maximum absolute atomic E-state index is 9.12. The Hall–Kier alpha value is -1.24. The highest BCUT2D eigenvalue weighted by atomic mass is 16.5. The molecule has 19 heavy (non-hydrogen) atoms.